The van der Waals surface area contributed by atoms with Crippen LogP contribution in [-0.4, -0.2) is 17.2 Å². The molecule has 10 heavy (non-hydrogen) atoms. The van der Waals surface area contributed by atoms with Crippen LogP contribution in [0.15, 0.2) is 0 Å². The summed E-state index contributed by atoms with van der Waals surface area (Å²) in [6.07, 6.45) is 1.04. The molecule has 0 aliphatic carbocycles. The Morgan fingerprint density at radius 2 is 2.10 bits per heavy atom. The van der Waals surface area contributed by atoms with Crippen LogP contribution in [-0.2, 0) is 8.98 Å². The van der Waals surface area contributed by atoms with Crippen LogP contribution in [0.3, 0.4) is 0 Å². The predicted molar refractivity (Wildman–Crippen MR) is 36.5 cm³/mol. The molecule has 0 aromatic carbocycles. The molecule has 0 heterocycles. The van der Waals surface area contributed by atoms with E-state index in [2.05, 4.69) is 4.18 Å². The molecule has 0 unspecified atom stereocenters. The second-order valence-electron chi connectivity index (χ2n) is 1.40. The Balaban J connectivity index is -0.000000245. The number of hydrogen-bond donors (Lipinski definition) is 0. The molecule has 5 heteroatoms. The van der Waals surface area contributed by atoms with E-state index in [0.29, 0.717) is 0 Å². The maximum atomic E-state index is 10.1. The van der Waals surface area contributed by atoms with E-state index in [-0.39, 0.29) is 62.8 Å². The van der Waals surface area contributed by atoms with Gasteiger partial charge in [-0.1, -0.05) is 6.92 Å². The zero-order chi connectivity index (χ0) is 6.41. The first-order chi connectivity index (χ1) is 3.77. The first kappa shape index (κ1) is 17.5. The van der Waals surface area contributed by atoms with E-state index in [1.165, 1.54) is 19.0 Å². The molecule has 0 aliphatic rings. The minimum atomic E-state index is -0.219. The third-order valence-corrected chi connectivity index (χ3v) is 1.39. The Morgan fingerprint density at radius 1 is 1.60 bits per heavy atom. The maximum Gasteiger partial charge on any atom is 1.00 e. The van der Waals surface area contributed by atoms with Crippen molar-refractivity contribution in [3.63, 3.8) is 0 Å². The van der Waals surface area contributed by atoms with E-state index in [9.17, 15) is 4.79 Å². The van der Waals surface area contributed by atoms with Gasteiger partial charge in [-0.2, -0.15) is 0 Å². The van der Waals surface area contributed by atoms with Crippen molar-refractivity contribution in [3.05, 3.63) is 0 Å². The maximum absolute atomic E-state index is 10.1. The summed E-state index contributed by atoms with van der Waals surface area (Å²) in [5, 5.41) is 0. The van der Waals surface area contributed by atoms with Crippen molar-refractivity contribution >= 4 is 18.0 Å². The quantitative estimate of drug-likeness (QED) is 0.307. The Labute approximate surface area is 108 Å². The van der Waals surface area contributed by atoms with Crippen molar-refractivity contribution in [3.8, 4) is 0 Å². The summed E-state index contributed by atoms with van der Waals surface area (Å²) in [5.74, 6) is 0.669. The van der Waals surface area contributed by atoms with Crippen LogP contribution in [0, 0.1) is 0 Å². The number of carbonyl (C=O) groups excluding carboxylic acids is 1. The van der Waals surface area contributed by atoms with Gasteiger partial charge in [0.25, 0.3) is 0 Å². The van der Waals surface area contributed by atoms with Gasteiger partial charge < -0.3 is 9.66 Å². The Hall–Kier alpha value is 1.42. The van der Waals surface area contributed by atoms with Crippen molar-refractivity contribution in [2.75, 3.05) is 5.75 Å². The SMILES string of the molecule is CCCSOC(C)=O.[K+].[OH-]. The van der Waals surface area contributed by atoms with Gasteiger partial charge in [0.1, 0.15) is 0 Å². The fraction of sp³-hybridized carbons (Fsp3) is 0.800. The number of carbonyl (C=O) groups is 1. The topological polar surface area (TPSA) is 56.3 Å². The molecule has 0 bridgehead atoms. The molecule has 0 saturated heterocycles. The van der Waals surface area contributed by atoms with Crippen LogP contribution < -0.4 is 51.4 Å². The van der Waals surface area contributed by atoms with E-state index >= 15 is 0 Å². The summed E-state index contributed by atoms with van der Waals surface area (Å²) in [7, 11) is 0. The molecule has 0 spiro atoms. The average Bonchev–Trinajstić information content (AvgIpc) is 1.66. The second-order valence-corrected chi connectivity index (χ2v) is 2.21. The summed E-state index contributed by atoms with van der Waals surface area (Å²) < 4.78 is 4.56. The molecular formula is C5H11KO3S. The zero-order valence-corrected chi connectivity index (χ0v) is 10.5. The molecule has 1 N–H and O–H groups in total. The predicted octanol–water partition coefficient (Wildman–Crippen LogP) is -1.57. The summed E-state index contributed by atoms with van der Waals surface area (Å²) in [6.45, 7) is 3.44. The molecule has 0 radical (unpaired) electrons. The van der Waals surface area contributed by atoms with Crippen LogP contribution in [0.25, 0.3) is 0 Å². The van der Waals surface area contributed by atoms with Crippen LogP contribution >= 0.6 is 12.0 Å². The van der Waals surface area contributed by atoms with Crippen LogP contribution in [0.1, 0.15) is 20.3 Å². The Kier molecular flexibility index (Phi) is 22.8. The van der Waals surface area contributed by atoms with E-state index in [4.69, 9.17) is 0 Å². The van der Waals surface area contributed by atoms with E-state index in [1.807, 2.05) is 6.92 Å². The molecule has 0 aromatic heterocycles. The van der Waals surface area contributed by atoms with Crippen LogP contribution in [0.2, 0.25) is 0 Å². The van der Waals surface area contributed by atoms with Crippen molar-refractivity contribution in [1.82, 2.24) is 0 Å². The van der Waals surface area contributed by atoms with Gasteiger partial charge in [0.15, 0.2) is 0 Å². The van der Waals surface area contributed by atoms with E-state index in [1.54, 1.807) is 0 Å². The van der Waals surface area contributed by atoms with Gasteiger partial charge in [-0.25, -0.2) is 0 Å². The molecule has 0 aromatic rings. The van der Waals surface area contributed by atoms with E-state index < -0.39 is 0 Å². The van der Waals surface area contributed by atoms with Gasteiger partial charge in [-0.05, 0) is 6.42 Å². The standard InChI is InChI=1S/C5H10O2S.K.H2O/c1-3-4-8-7-5(2)6;;/h3-4H2,1-2H3;;1H2/q;+1;/p-1. The molecule has 56 valence electrons. The monoisotopic (exact) mass is 190 g/mol. The molecule has 0 fully saturated rings. The van der Waals surface area contributed by atoms with Crippen molar-refractivity contribution in [2.24, 2.45) is 0 Å². The van der Waals surface area contributed by atoms with Gasteiger partial charge in [0.05, 0.1) is 12.0 Å². The third kappa shape index (κ3) is 16.2. The molecule has 0 rings (SSSR count). The minimum absolute atomic E-state index is 0. The Morgan fingerprint density at radius 3 is 2.40 bits per heavy atom. The second kappa shape index (κ2) is 13.0. The number of rotatable bonds is 3. The van der Waals surface area contributed by atoms with Gasteiger partial charge in [0, 0.05) is 12.7 Å². The normalized spacial score (nSPS) is 7.00. The van der Waals surface area contributed by atoms with Crippen molar-refractivity contribution in [2.45, 2.75) is 20.3 Å². The van der Waals surface area contributed by atoms with Gasteiger partial charge in [-0.3, -0.25) is 4.79 Å². The first-order valence-corrected chi connectivity index (χ1v) is 3.48. The molecule has 3 nitrogen and oxygen atoms in total. The van der Waals surface area contributed by atoms with Crippen LogP contribution in [0.4, 0.5) is 0 Å². The largest absolute Gasteiger partial charge is 1.00 e. The summed E-state index contributed by atoms with van der Waals surface area (Å²) in [5.41, 5.74) is 0. The van der Waals surface area contributed by atoms with Gasteiger partial charge >= 0.3 is 57.4 Å². The minimum Gasteiger partial charge on any atom is -0.870 e. The molecule has 0 aliphatic heterocycles. The van der Waals surface area contributed by atoms with Crippen molar-refractivity contribution in [1.29, 1.82) is 0 Å². The van der Waals surface area contributed by atoms with Crippen LogP contribution in [0.5, 0.6) is 0 Å². The molecule has 0 amide bonds. The number of hydrogen-bond acceptors (Lipinski definition) is 4. The molecular weight excluding hydrogens is 179 g/mol. The molecule has 0 atom stereocenters. The summed E-state index contributed by atoms with van der Waals surface area (Å²) >= 11 is 1.21. The fourth-order valence-corrected chi connectivity index (χ4v) is 0.624. The van der Waals surface area contributed by atoms with E-state index in [0.717, 1.165) is 12.2 Å². The zero-order valence-electron chi connectivity index (χ0n) is 6.59. The van der Waals surface area contributed by atoms with Crippen molar-refractivity contribution < 1.29 is 65.8 Å². The van der Waals surface area contributed by atoms with Gasteiger partial charge in [-0.15, -0.1) is 0 Å². The smallest absolute Gasteiger partial charge is 0.870 e. The Bertz CT molecular complexity index is 79.3. The first-order valence-electron chi connectivity index (χ1n) is 2.57. The average molecular weight is 190 g/mol. The summed E-state index contributed by atoms with van der Waals surface area (Å²) in [4.78, 5) is 10.1. The molecule has 0 saturated carbocycles. The van der Waals surface area contributed by atoms with Gasteiger partial charge in [0.2, 0.25) is 0 Å². The third-order valence-electron chi connectivity index (χ3n) is 0.464. The summed E-state index contributed by atoms with van der Waals surface area (Å²) in [6, 6.07) is 0. The fourth-order valence-electron chi connectivity index (χ4n) is 0.208.